The van der Waals surface area contributed by atoms with E-state index in [1.165, 1.54) is 21.0 Å². The number of nitrogens with one attached hydrogen (secondary N) is 2. The van der Waals surface area contributed by atoms with Crippen LogP contribution in [-0.4, -0.2) is 54.0 Å². The molecule has 182 valence electrons. The minimum atomic E-state index is -1.50. The van der Waals surface area contributed by atoms with E-state index in [2.05, 4.69) is 10.6 Å². The lowest BCUT2D eigenvalue weighted by molar-refractivity contribution is -0.146. The average molecular weight is 469 g/mol. The molecule has 0 bridgehead atoms. The highest BCUT2D eigenvalue weighted by atomic mass is 16.5. The predicted molar refractivity (Wildman–Crippen MR) is 128 cm³/mol. The van der Waals surface area contributed by atoms with Crippen LogP contribution >= 0.6 is 0 Å². The van der Waals surface area contributed by atoms with E-state index in [9.17, 15) is 19.5 Å². The van der Waals surface area contributed by atoms with E-state index in [-0.39, 0.29) is 18.9 Å². The van der Waals surface area contributed by atoms with Crippen molar-refractivity contribution in [3.8, 4) is 11.1 Å². The summed E-state index contributed by atoms with van der Waals surface area (Å²) in [4.78, 5) is 37.1. The van der Waals surface area contributed by atoms with Gasteiger partial charge in [-0.15, -0.1) is 0 Å². The van der Waals surface area contributed by atoms with Gasteiger partial charge in [-0.05, 0) is 49.9 Å². The van der Waals surface area contributed by atoms with Crippen LogP contribution in [0.15, 0.2) is 48.5 Å². The smallest absolute Gasteiger partial charge is 0.407 e. The van der Waals surface area contributed by atoms with E-state index >= 15 is 0 Å². The van der Waals surface area contributed by atoms with Gasteiger partial charge in [0.2, 0.25) is 5.91 Å². The Morgan fingerprint density at radius 1 is 0.971 bits per heavy atom. The largest absolute Gasteiger partial charge is 0.480 e. The van der Waals surface area contributed by atoms with Crippen molar-refractivity contribution in [1.29, 1.82) is 0 Å². The number of fused-ring (bicyclic) bond motifs is 3. The van der Waals surface area contributed by atoms with Crippen molar-refractivity contribution in [1.82, 2.24) is 10.6 Å². The monoisotopic (exact) mass is 468 g/mol. The summed E-state index contributed by atoms with van der Waals surface area (Å²) in [6, 6.07) is 14.9. The highest BCUT2D eigenvalue weighted by Gasteiger charge is 2.36. The molecule has 2 amide bonds. The molecule has 34 heavy (non-hydrogen) atoms. The number of ether oxygens (including phenoxy) is 2. The van der Waals surface area contributed by atoms with Crippen LogP contribution in [0.5, 0.6) is 0 Å². The second-order valence-corrected chi connectivity index (χ2v) is 9.61. The van der Waals surface area contributed by atoms with E-state index in [1.54, 1.807) is 13.8 Å². The lowest BCUT2D eigenvalue weighted by Gasteiger charge is -2.30. The Labute approximate surface area is 199 Å². The quantitative estimate of drug-likeness (QED) is 0.517. The van der Waals surface area contributed by atoms with Gasteiger partial charge in [0.05, 0.1) is 5.60 Å². The molecule has 0 aliphatic heterocycles. The number of rotatable bonds is 9. The number of hydrogen-bond acceptors (Lipinski definition) is 5. The summed E-state index contributed by atoms with van der Waals surface area (Å²) in [6.07, 6.45) is -0.642. The predicted octanol–water partition coefficient (Wildman–Crippen LogP) is 3.69. The van der Waals surface area contributed by atoms with Crippen molar-refractivity contribution in [2.24, 2.45) is 0 Å². The lowest BCUT2D eigenvalue weighted by Crippen LogP contribution is -2.57. The number of carboxylic acids is 1. The molecule has 3 rings (SSSR count). The molecule has 2 aromatic rings. The minimum absolute atomic E-state index is 0.0997. The summed E-state index contributed by atoms with van der Waals surface area (Å²) in [5.41, 5.74) is 2.13. The van der Waals surface area contributed by atoms with Crippen LogP contribution in [0.2, 0.25) is 0 Å². The van der Waals surface area contributed by atoms with Crippen LogP contribution in [0, 0.1) is 0 Å². The van der Waals surface area contributed by atoms with Crippen LogP contribution in [0.3, 0.4) is 0 Å². The molecule has 0 saturated heterocycles. The third kappa shape index (κ3) is 5.56. The zero-order valence-electron chi connectivity index (χ0n) is 20.2. The van der Waals surface area contributed by atoms with E-state index in [0.29, 0.717) is 0 Å². The van der Waals surface area contributed by atoms with Crippen LogP contribution in [0.25, 0.3) is 11.1 Å². The molecule has 1 unspecified atom stereocenters. The van der Waals surface area contributed by atoms with Gasteiger partial charge in [0.1, 0.15) is 18.2 Å². The number of hydrogen-bond donors (Lipinski definition) is 3. The molecule has 0 saturated carbocycles. The molecular formula is C26H32N2O6. The Hall–Kier alpha value is -3.39. The maximum Gasteiger partial charge on any atom is 0.407 e. The minimum Gasteiger partial charge on any atom is -0.480 e. The van der Waals surface area contributed by atoms with Gasteiger partial charge in [-0.25, -0.2) is 9.59 Å². The van der Waals surface area contributed by atoms with Gasteiger partial charge in [0.25, 0.3) is 0 Å². The van der Waals surface area contributed by atoms with Gasteiger partial charge in [-0.1, -0.05) is 48.5 Å². The Bertz CT molecular complexity index is 1030. The third-order valence-corrected chi connectivity index (χ3v) is 6.17. The van der Waals surface area contributed by atoms with Gasteiger partial charge in [0, 0.05) is 19.4 Å². The second-order valence-electron chi connectivity index (χ2n) is 9.61. The Balaban J connectivity index is 1.72. The van der Waals surface area contributed by atoms with E-state index < -0.39 is 35.2 Å². The van der Waals surface area contributed by atoms with Gasteiger partial charge in [0.15, 0.2) is 0 Å². The topological polar surface area (TPSA) is 114 Å². The first-order valence-corrected chi connectivity index (χ1v) is 11.2. The van der Waals surface area contributed by atoms with Crippen molar-refractivity contribution >= 4 is 18.0 Å². The molecule has 3 N–H and O–H groups in total. The molecule has 2 aromatic carbocycles. The molecule has 1 atom stereocenters. The normalized spacial score (nSPS) is 14.0. The number of carbonyl (C=O) groups is 3. The fourth-order valence-corrected chi connectivity index (χ4v) is 4.02. The summed E-state index contributed by atoms with van der Waals surface area (Å²) in [5, 5.41) is 14.4. The Morgan fingerprint density at radius 3 is 2.00 bits per heavy atom. The lowest BCUT2D eigenvalue weighted by atomic mass is 9.97. The number of carboxylic acid groups (broad SMARTS) is 1. The van der Waals surface area contributed by atoms with Gasteiger partial charge < -0.3 is 25.2 Å². The molecule has 1 aliphatic carbocycles. The van der Waals surface area contributed by atoms with E-state index in [1.807, 2.05) is 48.5 Å². The van der Waals surface area contributed by atoms with E-state index in [4.69, 9.17) is 9.47 Å². The standard InChI is InChI=1S/C26H32N2O6/c1-25(2,33-5)14-21(22(29)28-26(3,4)23(30)31)27-24(32)34-15-20-18-12-8-6-10-16(18)17-11-7-9-13-19(17)20/h6-13,20-21H,14-15H2,1-5H3,(H,27,32)(H,28,29)(H,30,31). The average Bonchev–Trinajstić information content (AvgIpc) is 3.10. The number of methoxy groups -OCH3 is 1. The number of amides is 2. The van der Waals surface area contributed by atoms with Crippen molar-refractivity contribution in [2.75, 3.05) is 13.7 Å². The molecule has 8 heteroatoms. The van der Waals surface area contributed by atoms with E-state index in [0.717, 1.165) is 22.3 Å². The van der Waals surface area contributed by atoms with Crippen LogP contribution < -0.4 is 10.6 Å². The van der Waals surface area contributed by atoms with Gasteiger partial charge in [-0.3, -0.25) is 4.79 Å². The van der Waals surface area contributed by atoms with Crippen LogP contribution in [0.1, 0.15) is 51.2 Å². The molecule has 8 nitrogen and oxygen atoms in total. The molecule has 1 aliphatic rings. The van der Waals surface area contributed by atoms with Crippen molar-refractivity contribution in [3.63, 3.8) is 0 Å². The molecule has 0 fully saturated rings. The number of benzene rings is 2. The summed E-state index contributed by atoms with van der Waals surface area (Å²) in [5.74, 6) is -1.94. The van der Waals surface area contributed by atoms with Gasteiger partial charge in [-0.2, -0.15) is 0 Å². The van der Waals surface area contributed by atoms with Crippen LogP contribution in [-0.2, 0) is 19.1 Å². The van der Waals surface area contributed by atoms with Crippen molar-refractivity contribution < 1.29 is 29.0 Å². The zero-order valence-corrected chi connectivity index (χ0v) is 20.2. The number of aliphatic carboxylic acids is 1. The summed E-state index contributed by atoms with van der Waals surface area (Å²) >= 11 is 0. The molecule has 0 radical (unpaired) electrons. The first-order chi connectivity index (χ1) is 15.9. The Kier molecular flexibility index (Phi) is 7.31. The van der Waals surface area contributed by atoms with Crippen LogP contribution in [0.4, 0.5) is 4.79 Å². The second kappa shape index (κ2) is 9.85. The van der Waals surface area contributed by atoms with Crippen molar-refractivity contribution in [2.45, 2.75) is 57.2 Å². The highest BCUT2D eigenvalue weighted by Crippen LogP contribution is 2.44. The fourth-order valence-electron chi connectivity index (χ4n) is 4.02. The molecule has 0 spiro atoms. The molecule has 0 aromatic heterocycles. The zero-order chi connectivity index (χ0) is 25.1. The maximum absolute atomic E-state index is 12.9. The summed E-state index contributed by atoms with van der Waals surface area (Å²) < 4.78 is 11.0. The first-order valence-electron chi connectivity index (χ1n) is 11.2. The third-order valence-electron chi connectivity index (χ3n) is 6.17. The first kappa shape index (κ1) is 25.2. The fraction of sp³-hybridized carbons (Fsp3) is 0.423. The van der Waals surface area contributed by atoms with Gasteiger partial charge >= 0.3 is 12.1 Å². The molecule has 0 heterocycles. The van der Waals surface area contributed by atoms with Crippen molar-refractivity contribution in [3.05, 3.63) is 59.7 Å². The maximum atomic E-state index is 12.9. The molecular weight excluding hydrogens is 436 g/mol. The SMILES string of the molecule is COC(C)(C)CC(NC(=O)OCC1c2ccccc2-c2ccccc21)C(=O)NC(C)(C)C(=O)O. The Morgan fingerprint density at radius 2 is 1.50 bits per heavy atom. The highest BCUT2D eigenvalue weighted by molar-refractivity contribution is 5.91. The number of alkyl carbamates (subject to hydrolysis) is 1. The number of carbonyl (C=O) groups excluding carboxylic acids is 2. The summed E-state index contributed by atoms with van der Waals surface area (Å²) in [6.45, 7) is 6.39. The summed E-state index contributed by atoms with van der Waals surface area (Å²) in [7, 11) is 1.50.